The van der Waals surface area contributed by atoms with Crippen LogP contribution in [0.4, 0.5) is 0 Å². The molecule has 0 aliphatic heterocycles. The lowest BCUT2D eigenvalue weighted by molar-refractivity contribution is -0.157. The Bertz CT molecular complexity index is 1150. The van der Waals surface area contributed by atoms with Crippen molar-refractivity contribution >= 4 is 52.9 Å². The van der Waals surface area contributed by atoms with E-state index >= 15 is 0 Å². The van der Waals surface area contributed by atoms with Crippen LogP contribution in [-0.4, -0.2) is 16.1 Å². The third-order valence-electron chi connectivity index (χ3n) is 6.06. The van der Waals surface area contributed by atoms with E-state index in [-0.39, 0.29) is 10.4 Å². The fourth-order valence-corrected chi connectivity index (χ4v) is 5.26. The molecule has 3 atom stereocenters. The maximum Gasteiger partial charge on any atom is 0.312 e. The minimum atomic E-state index is -1.34. The van der Waals surface area contributed by atoms with Gasteiger partial charge in [-0.05, 0) is 35.6 Å². The number of carbonyl (C=O) groups is 1. The first-order valence-electron chi connectivity index (χ1n) is 10.5. The lowest BCUT2D eigenvalue weighted by Crippen LogP contribution is -2.50. The van der Waals surface area contributed by atoms with Crippen LogP contribution in [0.5, 0.6) is 11.6 Å². The number of rotatable bonds is 9. The van der Waals surface area contributed by atoms with E-state index < -0.39 is 23.3 Å². The number of hydrogen-bond donors (Lipinski definition) is 3. The van der Waals surface area contributed by atoms with Gasteiger partial charge in [-0.2, -0.15) is 0 Å². The molecule has 3 aromatic rings. The number of nitrogens with one attached hydrogen (secondary N) is 1. The van der Waals surface area contributed by atoms with Crippen molar-refractivity contribution in [3.05, 3.63) is 76.8 Å². The van der Waals surface area contributed by atoms with Gasteiger partial charge in [0.2, 0.25) is 5.88 Å². The van der Waals surface area contributed by atoms with E-state index in [9.17, 15) is 9.90 Å². The van der Waals surface area contributed by atoms with E-state index in [0.29, 0.717) is 22.7 Å². The number of aliphatic carboxylic acids is 1. The Morgan fingerprint density at radius 2 is 1.76 bits per heavy atom. The van der Waals surface area contributed by atoms with Crippen molar-refractivity contribution in [3.8, 4) is 11.6 Å². The number of hydrogen-bond acceptors (Lipinski definition) is 5. The lowest BCUT2D eigenvalue weighted by atomic mass is 9.62. The second kappa shape index (κ2) is 10.8. The highest BCUT2D eigenvalue weighted by Gasteiger charge is 2.53. The van der Waals surface area contributed by atoms with Crippen LogP contribution in [0.15, 0.2) is 71.2 Å². The van der Waals surface area contributed by atoms with Crippen LogP contribution in [0.2, 0.25) is 0 Å². The van der Waals surface area contributed by atoms with Crippen molar-refractivity contribution in [2.75, 3.05) is 0 Å². The SMILES string of the molecule is CC(C)C(C(=O)O)(C(C)C=C(Cl)Cl)C(NS)c1cc(Oc2ccccc2)nc2ccccc12. The Labute approximate surface area is 209 Å². The smallest absolute Gasteiger partial charge is 0.312 e. The molecule has 5 nitrogen and oxygen atoms in total. The van der Waals surface area contributed by atoms with E-state index in [4.69, 9.17) is 27.9 Å². The normalized spacial score (nSPS) is 15.0. The summed E-state index contributed by atoms with van der Waals surface area (Å²) in [6, 6.07) is 17.9. The number of aromatic nitrogens is 1. The van der Waals surface area contributed by atoms with Crippen LogP contribution in [-0.2, 0) is 4.79 Å². The molecule has 0 aliphatic rings. The van der Waals surface area contributed by atoms with Crippen LogP contribution >= 0.6 is 36.0 Å². The average Bonchev–Trinajstić information content (AvgIpc) is 2.76. The molecular weight excluding hydrogens is 479 g/mol. The number of ether oxygens (including phenoxy) is 1. The van der Waals surface area contributed by atoms with Gasteiger partial charge >= 0.3 is 5.97 Å². The molecule has 0 aliphatic carbocycles. The van der Waals surface area contributed by atoms with Crippen LogP contribution in [0.1, 0.15) is 32.4 Å². The van der Waals surface area contributed by atoms with E-state index in [1.165, 1.54) is 0 Å². The van der Waals surface area contributed by atoms with Gasteiger partial charge in [-0.15, -0.1) is 0 Å². The molecule has 33 heavy (non-hydrogen) atoms. The summed E-state index contributed by atoms with van der Waals surface area (Å²) in [7, 11) is 0. The Hall–Kier alpha value is -2.25. The van der Waals surface area contributed by atoms with E-state index in [0.717, 1.165) is 5.39 Å². The number of pyridine rings is 1. The van der Waals surface area contributed by atoms with Crippen molar-refractivity contribution in [1.82, 2.24) is 9.71 Å². The molecule has 0 saturated carbocycles. The predicted octanol–water partition coefficient (Wildman–Crippen LogP) is 7.18. The Balaban J connectivity index is 2.27. The summed E-state index contributed by atoms with van der Waals surface area (Å²) in [5, 5.41) is 11.4. The summed E-state index contributed by atoms with van der Waals surface area (Å²) in [6.07, 6.45) is 1.56. The first-order valence-corrected chi connectivity index (χ1v) is 11.7. The zero-order valence-electron chi connectivity index (χ0n) is 18.5. The minimum absolute atomic E-state index is 0.0133. The summed E-state index contributed by atoms with van der Waals surface area (Å²) in [5.74, 6) is -0.863. The number of benzene rings is 2. The molecule has 0 amide bonds. The van der Waals surface area contributed by atoms with Crippen molar-refractivity contribution in [2.45, 2.75) is 26.8 Å². The maximum absolute atomic E-state index is 12.9. The predicted molar refractivity (Wildman–Crippen MR) is 137 cm³/mol. The monoisotopic (exact) mass is 504 g/mol. The summed E-state index contributed by atoms with van der Waals surface area (Å²) in [5.41, 5.74) is 0.0324. The first-order chi connectivity index (χ1) is 15.7. The fourth-order valence-electron chi connectivity index (χ4n) is 4.53. The summed E-state index contributed by atoms with van der Waals surface area (Å²) in [6.45, 7) is 5.52. The van der Waals surface area contributed by atoms with Gasteiger partial charge in [-0.25, -0.2) is 4.98 Å². The number of halogens is 2. The van der Waals surface area contributed by atoms with Crippen LogP contribution < -0.4 is 9.46 Å². The van der Waals surface area contributed by atoms with Gasteiger partial charge in [-0.3, -0.25) is 9.52 Å². The topological polar surface area (TPSA) is 71.5 Å². The highest BCUT2D eigenvalue weighted by molar-refractivity contribution is 7.78. The molecule has 0 radical (unpaired) electrons. The third kappa shape index (κ3) is 5.14. The average molecular weight is 505 g/mol. The van der Waals surface area contributed by atoms with E-state index in [2.05, 4.69) is 22.5 Å². The summed E-state index contributed by atoms with van der Waals surface area (Å²) in [4.78, 5) is 17.6. The zero-order valence-corrected chi connectivity index (χ0v) is 20.9. The fraction of sp³-hybridized carbons (Fsp3) is 0.280. The molecule has 0 saturated heterocycles. The van der Waals surface area contributed by atoms with Crippen LogP contribution in [0.25, 0.3) is 10.9 Å². The second-order valence-electron chi connectivity index (χ2n) is 8.18. The molecule has 2 N–H and O–H groups in total. The first kappa shape index (κ1) is 25.4. The molecule has 3 rings (SSSR count). The molecule has 8 heteroatoms. The number of nitrogens with zero attached hydrogens (tertiary/aromatic N) is 1. The standard InChI is InChI=1S/C25H26Cl2N2O3S/c1-15(2)25(24(30)31,16(3)13-21(26)27)23(29-33)19-14-22(32-17-9-5-4-6-10-17)28-20-12-8-7-11-18(19)20/h4-16,23,29,33H,1-3H3,(H,30,31). The van der Waals surface area contributed by atoms with Gasteiger partial charge < -0.3 is 9.84 Å². The van der Waals surface area contributed by atoms with Gasteiger partial charge in [0.25, 0.3) is 0 Å². The van der Waals surface area contributed by atoms with Gasteiger partial charge in [0.05, 0.1) is 17.0 Å². The molecule has 0 bridgehead atoms. The van der Waals surface area contributed by atoms with Gasteiger partial charge in [0, 0.05) is 11.5 Å². The highest BCUT2D eigenvalue weighted by Crippen LogP contribution is 2.50. The largest absolute Gasteiger partial charge is 0.481 e. The van der Waals surface area contributed by atoms with E-state index in [1.807, 2.05) is 68.4 Å². The van der Waals surface area contributed by atoms with Crippen molar-refractivity contribution in [1.29, 1.82) is 0 Å². The Morgan fingerprint density at radius 3 is 2.33 bits per heavy atom. The molecule has 3 unspecified atom stereocenters. The number of fused-ring (bicyclic) bond motifs is 1. The number of para-hydroxylation sites is 2. The van der Waals surface area contributed by atoms with Gasteiger partial charge in [0.1, 0.15) is 10.2 Å². The van der Waals surface area contributed by atoms with E-state index in [1.54, 1.807) is 19.1 Å². The zero-order chi connectivity index (χ0) is 24.2. The molecule has 1 aromatic heterocycles. The molecule has 2 aromatic carbocycles. The quantitative estimate of drug-likeness (QED) is 0.269. The maximum atomic E-state index is 12.9. The Kier molecular flexibility index (Phi) is 8.29. The summed E-state index contributed by atoms with van der Waals surface area (Å²) >= 11 is 16.3. The van der Waals surface area contributed by atoms with Crippen LogP contribution in [0.3, 0.4) is 0 Å². The van der Waals surface area contributed by atoms with Crippen molar-refractivity contribution in [2.24, 2.45) is 17.3 Å². The molecule has 0 fully saturated rings. The lowest BCUT2D eigenvalue weighted by Gasteiger charge is -2.44. The Morgan fingerprint density at radius 1 is 1.12 bits per heavy atom. The second-order valence-corrected chi connectivity index (χ2v) is 9.45. The molecule has 174 valence electrons. The highest BCUT2D eigenvalue weighted by atomic mass is 35.5. The number of carboxylic acids is 1. The minimum Gasteiger partial charge on any atom is -0.481 e. The molecular formula is C25H26Cl2N2O3S. The number of allylic oxidation sites excluding steroid dienone is 1. The molecule has 1 heterocycles. The number of thiol groups is 1. The molecule has 0 spiro atoms. The van der Waals surface area contributed by atoms with Crippen molar-refractivity contribution < 1.29 is 14.6 Å². The van der Waals surface area contributed by atoms with Crippen LogP contribution in [0, 0.1) is 17.3 Å². The van der Waals surface area contributed by atoms with Crippen molar-refractivity contribution in [3.63, 3.8) is 0 Å². The third-order valence-corrected chi connectivity index (χ3v) is 6.57. The summed E-state index contributed by atoms with van der Waals surface area (Å²) < 4.78 is 9.00. The number of carboxylic acid groups (broad SMARTS) is 1. The van der Waals surface area contributed by atoms with Gasteiger partial charge in [0.15, 0.2) is 0 Å². The van der Waals surface area contributed by atoms with Gasteiger partial charge in [-0.1, -0.05) is 99.3 Å².